The molecule has 2 aromatic rings. The Balaban J connectivity index is 1.54. The molecule has 0 unspecified atom stereocenters. The van der Waals surface area contributed by atoms with Gasteiger partial charge < -0.3 is 14.6 Å². The number of hydrogen-bond donors (Lipinski definition) is 1. The molecule has 27 heavy (non-hydrogen) atoms. The third-order valence-electron chi connectivity index (χ3n) is 6.40. The minimum Gasteiger partial charge on any atom is -0.497 e. The number of benzene rings is 2. The molecule has 0 radical (unpaired) electrons. The van der Waals surface area contributed by atoms with Crippen LogP contribution in [0, 0.1) is 11.8 Å². The SMILES string of the molecule is COc1ccc(CN2C[C@@H]3CCC[C@](O)(c4ccccc4OC)[C@H]3C2)cc1. The molecule has 0 aromatic heterocycles. The molecule has 2 aliphatic rings. The van der Waals surface area contributed by atoms with E-state index in [1.54, 1.807) is 14.2 Å². The average Bonchev–Trinajstić information content (AvgIpc) is 3.13. The van der Waals surface area contributed by atoms with Gasteiger partial charge in [-0.2, -0.15) is 0 Å². The maximum atomic E-state index is 11.8. The number of methoxy groups -OCH3 is 2. The summed E-state index contributed by atoms with van der Waals surface area (Å²) in [5.74, 6) is 2.47. The molecular weight excluding hydrogens is 338 g/mol. The molecule has 0 bridgehead atoms. The fourth-order valence-electron chi connectivity index (χ4n) is 5.07. The van der Waals surface area contributed by atoms with E-state index >= 15 is 0 Å². The third-order valence-corrected chi connectivity index (χ3v) is 6.40. The lowest BCUT2D eigenvalue weighted by molar-refractivity contribution is -0.0662. The number of ether oxygens (including phenoxy) is 2. The molecule has 2 aromatic carbocycles. The van der Waals surface area contributed by atoms with E-state index in [0.717, 1.165) is 49.5 Å². The summed E-state index contributed by atoms with van der Waals surface area (Å²) in [6, 6.07) is 16.3. The molecule has 0 spiro atoms. The number of aliphatic hydroxyl groups is 1. The maximum Gasteiger partial charge on any atom is 0.124 e. The molecule has 0 amide bonds. The highest BCUT2D eigenvalue weighted by Crippen LogP contribution is 2.50. The Morgan fingerprint density at radius 3 is 2.56 bits per heavy atom. The third kappa shape index (κ3) is 3.44. The largest absolute Gasteiger partial charge is 0.497 e. The summed E-state index contributed by atoms with van der Waals surface area (Å²) in [6.45, 7) is 2.89. The molecule has 1 heterocycles. The van der Waals surface area contributed by atoms with Crippen molar-refractivity contribution >= 4 is 0 Å². The standard InChI is InChI=1S/C23H29NO3/c1-26-19-11-9-17(10-12-19)14-24-15-18-6-5-13-23(25,21(18)16-24)20-7-3-4-8-22(20)27-2/h3-4,7-12,18,21,25H,5-6,13-16H2,1-2H3/t18-,21-,23-/m0/s1. The van der Waals surface area contributed by atoms with Crippen molar-refractivity contribution in [2.75, 3.05) is 27.3 Å². The van der Waals surface area contributed by atoms with Crippen molar-refractivity contribution in [2.24, 2.45) is 11.8 Å². The first kappa shape index (κ1) is 18.3. The number of para-hydroxylation sites is 1. The van der Waals surface area contributed by atoms with Crippen LogP contribution < -0.4 is 9.47 Å². The highest BCUT2D eigenvalue weighted by atomic mass is 16.5. The second-order valence-electron chi connectivity index (χ2n) is 7.93. The highest BCUT2D eigenvalue weighted by molar-refractivity contribution is 5.39. The molecule has 4 nitrogen and oxygen atoms in total. The minimum atomic E-state index is -0.801. The van der Waals surface area contributed by atoms with E-state index in [1.807, 2.05) is 36.4 Å². The van der Waals surface area contributed by atoms with Gasteiger partial charge in [-0.05, 0) is 48.9 Å². The average molecular weight is 367 g/mol. The minimum absolute atomic E-state index is 0.251. The number of nitrogens with zero attached hydrogens (tertiary/aromatic N) is 1. The van der Waals surface area contributed by atoms with Crippen LogP contribution in [0.15, 0.2) is 48.5 Å². The van der Waals surface area contributed by atoms with Gasteiger partial charge in [0.1, 0.15) is 11.5 Å². The van der Waals surface area contributed by atoms with Crippen molar-refractivity contribution in [3.05, 3.63) is 59.7 Å². The van der Waals surface area contributed by atoms with E-state index in [-0.39, 0.29) is 5.92 Å². The smallest absolute Gasteiger partial charge is 0.124 e. The van der Waals surface area contributed by atoms with Crippen LogP contribution in [0.25, 0.3) is 0 Å². The van der Waals surface area contributed by atoms with Gasteiger partial charge >= 0.3 is 0 Å². The lowest BCUT2D eigenvalue weighted by Crippen LogP contribution is -2.43. The van der Waals surface area contributed by atoms with Crippen LogP contribution in [0.5, 0.6) is 11.5 Å². The van der Waals surface area contributed by atoms with Crippen LogP contribution in [0.2, 0.25) is 0 Å². The zero-order valence-corrected chi connectivity index (χ0v) is 16.2. The summed E-state index contributed by atoms with van der Waals surface area (Å²) in [6.07, 6.45) is 3.07. The Morgan fingerprint density at radius 2 is 1.81 bits per heavy atom. The maximum absolute atomic E-state index is 11.8. The molecule has 4 rings (SSSR count). The van der Waals surface area contributed by atoms with Gasteiger partial charge in [-0.15, -0.1) is 0 Å². The van der Waals surface area contributed by atoms with Crippen molar-refractivity contribution < 1.29 is 14.6 Å². The predicted octanol–water partition coefficient (Wildman–Crippen LogP) is 3.82. The summed E-state index contributed by atoms with van der Waals surface area (Å²) < 4.78 is 10.8. The lowest BCUT2D eigenvalue weighted by Gasteiger charge is -2.42. The van der Waals surface area contributed by atoms with Crippen molar-refractivity contribution in [1.82, 2.24) is 4.90 Å². The molecule has 2 fully saturated rings. The summed E-state index contributed by atoms with van der Waals surface area (Å²) in [5, 5.41) is 11.8. The molecule has 1 N–H and O–H groups in total. The Morgan fingerprint density at radius 1 is 1.04 bits per heavy atom. The van der Waals surface area contributed by atoms with E-state index in [2.05, 4.69) is 17.0 Å². The van der Waals surface area contributed by atoms with Gasteiger partial charge in [-0.25, -0.2) is 0 Å². The molecule has 144 valence electrons. The summed E-state index contributed by atoms with van der Waals surface area (Å²) >= 11 is 0. The van der Waals surface area contributed by atoms with Crippen molar-refractivity contribution in [3.8, 4) is 11.5 Å². The summed E-state index contributed by atoms with van der Waals surface area (Å²) in [5.41, 5.74) is 1.44. The molecule has 4 heteroatoms. The molecule has 1 saturated heterocycles. The fraction of sp³-hybridized carbons (Fsp3) is 0.478. The first-order valence-corrected chi connectivity index (χ1v) is 9.85. The number of hydrogen-bond acceptors (Lipinski definition) is 4. The highest BCUT2D eigenvalue weighted by Gasteiger charge is 2.50. The van der Waals surface area contributed by atoms with E-state index in [1.165, 1.54) is 12.0 Å². The Labute approximate surface area is 161 Å². The first-order chi connectivity index (χ1) is 13.1. The van der Waals surface area contributed by atoms with Gasteiger partial charge in [0.05, 0.1) is 19.8 Å². The zero-order chi connectivity index (χ0) is 18.9. The Hall–Kier alpha value is -2.04. The predicted molar refractivity (Wildman–Crippen MR) is 106 cm³/mol. The number of rotatable bonds is 5. The summed E-state index contributed by atoms with van der Waals surface area (Å²) in [4.78, 5) is 2.49. The van der Waals surface area contributed by atoms with E-state index in [9.17, 15) is 5.11 Å². The lowest BCUT2D eigenvalue weighted by atomic mass is 9.67. The molecular formula is C23H29NO3. The van der Waals surface area contributed by atoms with Crippen LogP contribution in [-0.4, -0.2) is 37.3 Å². The molecule has 1 saturated carbocycles. The normalized spacial score (nSPS) is 28.0. The molecule has 1 aliphatic carbocycles. The van der Waals surface area contributed by atoms with Gasteiger partial charge in [0.2, 0.25) is 0 Å². The molecule has 1 aliphatic heterocycles. The monoisotopic (exact) mass is 367 g/mol. The second kappa shape index (κ2) is 7.53. The van der Waals surface area contributed by atoms with Crippen LogP contribution in [-0.2, 0) is 12.1 Å². The Bertz CT molecular complexity index is 775. The molecule has 3 atom stereocenters. The quantitative estimate of drug-likeness (QED) is 0.872. The van der Waals surface area contributed by atoms with Crippen LogP contribution in [0.3, 0.4) is 0 Å². The fourth-order valence-corrected chi connectivity index (χ4v) is 5.07. The Kier molecular flexibility index (Phi) is 5.11. The topological polar surface area (TPSA) is 41.9 Å². The number of fused-ring (bicyclic) bond motifs is 1. The van der Waals surface area contributed by atoms with Crippen LogP contribution in [0.4, 0.5) is 0 Å². The van der Waals surface area contributed by atoms with Gasteiger partial charge in [0.15, 0.2) is 0 Å². The second-order valence-corrected chi connectivity index (χ2v) is 7.93. The van der Waals surface area contributed by atoms with Crippen molar-refractivity contribution in [1.29, 1.82) is 0 Å². The number of likely N-dealkylation sites (tertiary alicyclic amines) is 1. The van der Waals surface area contributed by atoms with E-state index in [0.29, 0.717) is 5.92 Å². The summed E-state index contributed by atoms with van der Waals surface area (Å²) in [7, 11) is 3.38. The van der Waals surface area contributed by atoms with Gasteiger partial charge in [-0.1, -0.05) is 30.3 Å². The van der Waals surface area contributed by atoms with Crippen molar-refractivity contribution in [2.45, 2.75) is 31.4 Å². The van der Waals surface area contributed by atoms with Gasteiger partial charge in [-0.3, -0.25) is 4.90 Å². The zero-order valence-electron chi connectivity index (χ0n) is 16.2. The van der Waals surface area contributed by atoms with Gasteiger partial charge in [0, 0.05) is 31.1 Å². The van der Waals surface area contributed by atoms with Crippen LogP contribution >= 0.6 is 0 Å². The van der Waals surface area contributed by atoms with E-state index < -0.39 is 5.60 Å². The first-order valence-electron chi connectivity index (χ1n) is 9.85. The van der Waals surface area contributed by atoms with Crippen LogP contribution in [0.1, 0.15) is 30.4 Å². The van der Waals surface area contributed by atoms with Gasteiger partial charge in [0.25, 0.3) is 0 Å². The van der Waals surface area contributed by atoms with Crippen molar-refractivity contribution in [3.63, 3.8) is 0 Å². The van der Waals surface area contributed by atoms with E-state index in [4.69, 9.17) is 9.47 Å².